The standard InChI is InChI=1S/C19H21NO4/c1-4-23-18-8-5-15(6-9-18)12-20-24-13-17-11-16(14(2)21)7-10-19(17)22-3/h5-12H,4,13H2,1-3H3/b20-12-. The Kier molecular flexibility index (Phi) is 6.37. The van der Waals surface area contributed by atoms with Gasteiger partial charge in [0, 0.05) is 11.1 Å². The zero-order valence-electron chi connectivity index (χ0n) is 14.1. The fourth-order valence-corrected chi connectivity index (χ4v) is 2.13. The zero-order chi connectivity index (χ0) is 17.4. The lowest BCUT2D eigenvalue weighted by molar-refractivity contribution is 0.101. The van der Waals surface area contributed by atoms with Crippen molar-refractivity contribution in [3.8, 4) is 11.5 Å². The summed E-state index contributed by atoms with van der Waals surface area (Å²) in [5, 5.41) is 3.96. The molecule has 0 aromatic heterocycles. The largest absolute Gasteiger partial charge is 0.496 e. The first-order valence-corrected chi connectivity index (χ1v) is 7.70. The number of ketones is 1. The van der Waals surface area contributed by atoms with E-state index in [1.807, 2.05) is 31.2 Å². The molecular weight excluding hydrogens is 306 g/mol. The predicted octanol–water partition coefficient (Wildman–Crippen LogP) is 3.85. The topological polar surface area (TPSA) is 57.1 Å². The van der Waals surface area contributed by atoms with Gasteiger partial charge in [0.2, 0.25) is 0 Å². The fourth-order valence-electron chi connectivity index (χ4n) is 2.13. The highest BCUT2D eigenvalue weighted by Crippen LogP contribution is 2.21. The summed E-state index contributed by atoms with van der Waals surface area (Å²) in [6.45, 7) is 4.32. The summed E-state index contributed by atoms with van der Waals surface area (Å²) in [7, 11) is 1.58. The second-order valence-corrected chi connectivity index (χ2v) is 5.09. The van der Waals surface area contributed by atoms with Gasteiger partial charge in [-0.3, -0.25) is 4.79 Å². The molecule has 0 fully saturated rings. The van der Waals surface area contributed by atoms with Crippen molar-refractivity contribution in [2.75, 3.05) is 13.7 Å². The van der Waals surface area contributed by atoms with Crippen LogP contribution >= 0.6 is 0 Å². The number of methoxy groups -OCH3 is 1. The van der Waals surface area contributed by atoms with Crippen molar-refractivity contribution < 1.29 is 19.1 Å². The lowest BCUT2D eigenvalue weighted by atomic mass is 10.1. The van der Waals surface area contributed by atoms with Gasteiger partial charge >= 0.3 is 0 Å². The maximum atomic E-state index is 11.5. The molecule has 5 nitrogen and oxygen atoms in total. The normalized spacial score (nSPS) is 10.6. The van der Waals surface area contributed by atoms with Crippen molar-refractivity contribution in [3.05, 3.63) is 59.2 Å². The molecular formula is C19H21NO4. The van der Waals surface area contributed by atoms with E-state index in [4.69, 9.17) is 14.3 Å². The molecule has 0 aliphatic rings. The Morgan fingerprint density at radius 1 is 1.17 bits per heavy atom. The number of ether oxygens (including phenoxy) is 2. The minimum absolute atomic E-state index is 0.00297. The number of hydrogen-bond donors (Lipinski definition) is 0. The lowest BCUT2D eigenvalue weighted by Crippen LogP contribution is -1.98. The Hall–Kier alpha value is -2.82. The van der Waals surface area contributed by atoms with Crippen LogP contribution in [-0.4, -0.2) is 25.7 Å². The molecule has 0 N–H and O–H groups in total. The maximum Gasteiger partial charge on any atom is 0.159 e. The smallest absolute Gasteiger partial charge is 0.159 e. The van der Waals surface area contributed by atoms with Crippen LogP contribution in [0.4, 0.5) is 0 Å². The summed E-state index contributed by atoms with van der Waals surface area (Å²) < 4.78 is 10.7. The van der Waals surface area contributed by atoms with Crippen molar-refractivity contribution in [1.29, 1.82) is 0 Å². The number of carbonyl (C=O) groups is 1. The first-order valence-electron chi connectivity index (χ1n) is 7.70. The van der Waals surface area contributed by atoms with Crippen LogP contribution in [-0.2, 0) is 11.4 Å². The molecule has 0 amide bonds. The van der Waals surface area contributed by atoms with Gasteiger partial charge in [-0.1, -0.05) is 5.16 Å². The van der Waals surface area contributed by atoms with E-state index in [2.05, 4.69) is 5.16 Å². The number of oxime groups is 1. The monoisotopic (exact) mass is 327 g/mol. The van der Waals surface area contributed by atoms with E-state index in [-0.39, 0.29) is 12.4 Å². The molecule has 0 bridgehead atoms. The number of nitrogens with zero attached hydrogens (tertiary/aromatic N) is 1. The van der Waals surface area contributed by atoms with Gasteiger partial charge in [0.1, 0.15) is 18.1 Å². The van der Waals surface area contributed by atoms with Crippen LogP contribution in [0.2, 0.25) is 0 Å². The van der Waals surface area contributed by atoms with Crippen molar-refractivity contribution in [2.24, 2.45) is 5.16 Å². The van der Waals surface area contributed by atoms with Gasteiger partial charge in [0.15, 0.2) is 5.78 Å². The summed E-state index contributed by atoms with van der Waals surface area (Å²) in [5.41, 5.74) is 2.29. The van der Waals surface area contributed by atoms with Gasteiger partial charge in [-0.25, -0.2) is 0 Å². The third-order valence-electron chi connectivity index (χ3n) is 3.37. The van der Waals surface area contributed by atoms with Crippen molar-refractivity contribution in [2.45, 2.75) is 20.5 Å². The molecule has 0 radical (unpaired) electrons. The highest BCUT2D eigenvalue weighted by Gasteiger charge is 2.07. The Balaban J connectivity index is 1.97. The Morgan fingerprint density at radius 2 is 1.92 bits per heavy atom. The number of hydrogen-bond acceptors (Lipinski definition) is 5. The van der Waals surface area contributed by atoms with Gasteiger partial charge in [-0.15, -0.1) is 0 Å². The van der Waals surface area contributed by atoms with Crippen LogP contribution in [0.1, 0.15) is 35.3 Å². The second-order valence-electron chi connectivity index (χ2n) is 5.09. The lowest BCUT2D eigenvalue weighted by Gasteiger charge is -2.08. The summed E-state index contributed by atoms with van der Waals surface area (Å²) in [6.07, 6.45) is 1.62. The maximum absolute atomic E-state index is 11.5. The molecule has 0 heterocycles. The van der Waals surface area contributed by atoms with Gasteiger partial charge in [-0.2, -0.15) is 0 Å². The molecule has 0 atom stereocenters. The van der Waals surface area contributed by atoms with Gasteiger partial charge < -0.3 is 14.3 Å². The summed E-state index contributed by atoms with van der Waals surface area (Å²) >= 11 is 0. The minimum atomic E-state index is -0.00297. The molecule has 0 aliphatic heterocycles. The number of carbonyl (C=O) groups excluding carboxylic acids is 1. The Morgan fingerprint density at radius 3 is 2.54 bits per heavy atom. The average Bonchev–Trinajstić information content (AvgIpc) is 2.60. The molecule has 0 aliphatic carbocycles. The molecule has 24 heavy (non-hydrogen) atoms. The van der Waals surface area contributed by atoms with E-state index in [9.17, 15) is 4.79 Å². The molecule has 0 unspecified atom stereocenters. The molecule has 5 heteroatoms. The van der Waals surface area contributed by atoms with Gasteiger partial charge in [0.25, 0.3) is 0 Å². The van der Waals surface area contributed by atoms with Crippen LogP contribution in [0.3, 0.4) is 0 Å². The van der Waals surface area contributed by atoms with E-state index < -0.39 is 0 Å². The van der Waals surface area contributed by atoms with Gasteiger partial charge in [-0.05, 0) is 61.9 Å². The predicted molar refractivity (Wildman–Crippen MR) is 93.0 cm³/mol. The van der Waals surface area contributed by atoms with Crippen LogP contribution in [0.5, 0.6) is 11.5 Å². The first-order chi connectivity index (χ1) is 11.6. The zero-order valence-corrected chi connectivity index (χ0v) is 14.1. The Labute approximate surface area is 141 Å². The van der Waals surface area contributed by atoms with E-state index in [1.54, 1.807) is 31.5 Å². The number of benzene rings is 2. The fraction of sp³-hybridized carbons (Fsp3) is 0.263. The van der Waals surface area contributed by atoms with Crippen molar-refractivity contribution in [1.82, 2.24) is 0 Å². The highest BCUT2D eigenvalue weighted by atomic mass is 16.6. The number of rotatable bonds is 8. The van der Waals surface area contributed by atoms with E-state index in [1.165, 1.54) is 6.92 Å². The van der Waals surface area contributed by atoms with E-state index >= 15 is 0 Å². The van der Waals surface area contributed by atoms with E-state index in [0.717, 1.165) is 16.9 Å². The molecule has 0 spiro atoms. The Bertz CT molecular complexity index is 708. The van der Waals surface area contributed by atoms with Gasteiger partial charge in [0.05, 0.1) is 19.9 Å². The van der Waals surface area contributed by atoms with Crippen molar-refractivity contribution in [3.63, 3.8) is 0 Å². The molecule has 2 aromatic rings. The summed E-state index contributed by atoms with van der Waals surface area (Å²) in [6, 6.07) is 12.8. The SMILES string of the molecule is CCOc1ccc(/C=N\OCc2cc(C(C)=O)ccc2OC)cc1. The third kappa shape index (κ3) is 4.84. The molecule has 0 saturated carbocycles. The molecule has 0 saturated heterocycles. The highest BCUT2D eigenvalue weighted by molar-refractivity contribution is 5.94. The summed E-state index contributed by atoms with van der Waals surface area (Å²) in [4.78, 5) is 16.8. The average molecular weight is 327 g/mol. The second kappa shape index (κ2) is 8.72. The van der Waals surface area contributed by atoms with Crippen LogP contribution in [0, 0.1) is 0 Å². The van der Waals surface area contributed by atoms with Crippen LogP contribution < -0.4 is 9.47 Å². The quantitative estimate of drug-likeness (QED) is 0.420. The third-order valence-corrected chi connectivity index (χ3v) is 3.37. The minimum Gasteiger partial charge on any atom is -0.496 e. The number of Topliss-reactive ketones (excluding diaryl/α,β-unsaturated/α-hetero) is 1. The molecule has 2 rings (SSSR count). The van der Waals surface area contributed by atoms with Crippen molar-refractivity contribution >= 4 is 12.0 Å². The first kappa shape index (κ1) is 17.5. The van der Waals surface area contributed by atoms with Crippen LogP contribution in [0.25, 0.3) is 0 Å². The summed E-state index contributed by atoms with van der Waals surface area (Å²) in [5.74, 6) is 1.48. The molecule has 2 aromatic carbocycles. The van der Waals surface area contributed by atoms with Crippen LogP contribution in [0.15, 0.2) is 47.6 Å². The van der Waals surface area contributed by atoms with E-state index in [0.29, 0.717) is 17.9 Å². The molecule has 126 valence electrons.